The molecule has 0 radical (unpaired) electrons. The monoisotopic (exact) mass is 392 g/mol. The van der Waals surface area contributed by atoms with Crippen LogP contribution in [-0.4, -0.2) is 42.6 Å². The first-order valence-electron chi connectivity index (χ1n) is 10.4. The minimum Gasteiger partial charge on any atom is -0.467 e. The fourth-order valence-corrected chi connectivity index (χ4v) is 3.89. The Morgan fingerprint density at radius 2 is 1.89 bits per heavy atom. The van der Waals surface area contributed by atoms with Crippen molar-refractivity contribution < 1.29 is 24.1 Å². The van der Waals surface area contributed by atoms with E-state index in [1.165, 1.54) is 7.11 Å². The first-order chi connectivity index (χ1) is 13.3. The van der Waals surface area contributed by atoms with Crippen LogP contribution in [-0.2, 0) is 25.6 Å². The van der Waals surface area contributed by atoms with Gasteiger partial charge in [-0.3, -0.25) is 0 Å². The van der Waals surface area contributed by atoms with E-state index in [2.05, 4.69) is 27.7 Å². The van der Waals surface area contributed by atoms with Gasteiger partial charge in [-0.1, -0.05) is 64.4 Å². The molecule has 0 bridgehead atoms. The van der Waals surface area contributed by atoms with Crippen molar-refractivity contribution in [2.75, 3.05) is 7.11 Å². The molecule has 0 aromatic heterocycles. The lowest BCUT2D eigenvalue weighted by Gasteiger charge is -2.39. The van der Waals surface area contributed by atoms with Crippen LogP contribution in [0.15, 0.2) is 30.3 Å². The highest BCUT2D eigenvalue weighted by Gasteiger charge is 2.49. The zero-order valence-corrected chi connectivity index (χ0v) is 17.9. The van der Waals surface area contributed by atoms with Crippen molar-refractivity contribution in [2.24, 2.45) is 11.3 Å². The maximum atomic E-state index is 11.6. The van der Waals surface area contributed by atoms with Gasteiger partial charge in [0.25, 0.3) is 0 Å². The van der Waals surface area contributed by atoms with Crippen molar-refractivity contribution in [2.45, 2.75) is 84.4 Å². The van der Waals surface area contributed by atoms with Gasteiger partial charge in [0.15, 0.2) is 6.10 Å². The lowest BCUT2D eigenvalue weighted by Crippen LogP contribution is -2.40. The largest absolute Gasteiger partial charge is 0.467 e. The highest BCUT2D eigenvalue weighted by Crippen LogP contribution is 2.42. The topological polar surface area (TPSA) is 68.3 Å². The molecule has 158 valence electrons. The molecule has 28 heavy (non-hydrogen) atoms. The molecule has 5 heteroatoms. The molecular formula is C23H36O5. The smallest absolute Gasteiger partial charge is 0.337 e. The third-order valence-corrected chi connectivity index (χ3v) is 6.21. The lowest BCUT2D eigenvalue weighted by atomic mass is 9.69. The molecule has 1 aliphatic heterocycles. The summed E-state index contributed by atoms with van der Waals surface area (Å²) in [5.74, 6) is -0.0626. The van der Waals surface area contributed by atoms with Gasteiger partial charge in [-0.05, 0) is 29.7 Å². The SMILES string of the molecule is CCC(CC(O)C(C)(C)C(CC)CC1OC1C(=O)OC)OCc1ccccc1. The number of hydrogen-bond donors (Lipinski definition) is 1. The van der Waals surface area contributed by atoms with E-state index in [-0.39, 0.29) is 29.5 Å². The molecule has 1 aromatic rings. The number of benzene rings is 1. The Morgan fingerprint density at radius 3 is 2.46 bits per heavy atom. The first-order valence-corrected chi connectivity index (χ1v) is 10.4. The first kappa shape index (κ1) is 22.9. The van der Waals surface area contributed by atoms with Crippen molar-refractivity contribution >= 4 is 5.97 Å². The molecule has 0 amide bonds. The maximum Gasteiger partial charge on any atom is 0.337 e. The van der Waals surface area contributed by atoms with E-state index >= 15 is 0 Å². The van der Waals surface area contributed by atoms with Crippen LogP contribution in [0.3, 0.4) is 0 Å². The van der Waals surface area contributed by atoms with E-state index in [1.807, 2.05) is 30.3 Å². The number of aliphatic hydroxyl groups excluding tert-OH is 1. The van der Waals surface area contributed by atoms with Crippen LogP contribution < -0.4 is 0 Å². The zero-order chi connectivity index (χ0) is 20.7. The molecule has 0 saturated carbocycles. The van der Waals surface area contributed by atoms with E-state index in [1.54, 1.807) is 0 Å². The number of rotatable bonds is 12. The Balaban J connectivity index is 1.89. The van der Waals surface area contributed by atoms with Gasteiger partial charge in [0.2, 0.25) is 0 Å². The molecule has 5 atom stereocenters. The normalized spacial score (nSPS) is 22.4. The summed E-state index contributed by atoms with van der Waals surface area (Å²) >= 11 is 0. The Labute approximate surface area is 169 Å². The number of carbonyl (C=O) groups is 1. The molecule has 0 aliphatic carbocycles. The van der Waals surface area contributed by atoms with Crippen molar-refractivity contribution in [3.63, 3.8) is 0 Å². The van der Waals surface area contributed by atoms with Gasteiger partial charge in [-0.2, -0.15) is 0 Å². The summed E-state index contributed by atoms with van der Waals surface area (Å²) in [6, 6.07) is 10.1. The van der Waals surface area contributed by atoms with Crippen LogP contribution in [0.25, 0.3) is 0 Å². The highest BCUT2D eigenvalue weighted by molar-refractivity contribution is 5.77. The van der Waals surface area contributed by atoms with Gasteiger partial charge in [-0.15, -0.1) is 0 Å². The van der Waals surface area contributed by atoms with Crippen LogP contribution in [0.2, 0.25) is 0 Å². The summed E-state index contributed by atoms with van der Waals surface area (Å²) in [5.41, 5.74) is 0.839. The number of hydrogen-bond acceptors (Lipinski definition) is 5. The van der Waals surface area contributed by atoms with Crippen molar-refractivity contribution in [3.8, 4) is 0 Å². The predicted molar refractivity (Wildman–Crippen MR) is 109 cm³/mol. The number of carbonyl (C=O) groups excluding carboxylic acids is 1. The highest BCUT2D eigenvalue weighted by atomic mass is 16.6. The molecule has 5 unspecified atom stereocenters. The lowest BCUT2D eigenvalue weighted by molar-refractivity contribution is -0.142. The van der Waals surface area contributed by atoms with E-state index in [4.69, 9.17) is 14.2 Å². The maximum absolute atomic E-state index is 11.6. The van der Waals surface area contributed by atoms with Gasteiger partial charge in [0.05, 0.1) is 32.0 Å². The number of esters is 1. The van der Waals surface area contributed by atoms with Crippen molar-refractivity contribution in [3.05, 3.63) is 35.9 Å². The molecule has 1 aromatic carbocycles. The minimum absolute atomic E-state index is 0.00646. The number of epoxide rings is 1. The van der Waals surface area contributed by atoms with Crippen molar-refractivity contribution in [1.29, 1.82) is 0 Å². The minimum atomic E-state index is -0.492. The predicted octanol–water partition coefficient (Wildman–Crippen LogP) is 4.12. The quantitative estimate of drug-likeness (QED) is 0.428. The van der Waals surface area contributed by atoms with Gasteiger partial charge in [-0.25, -0.2) is 4.79 Å². The van der Waals surface area contributed by atoms with E-state index in [0.29, 0.717) is 13.0 Å². The summed E-state index contributed by atoms with van der Waals surface area (Å²) in [7, 11) is 1.38. The molecule has 1 fully saturated rings. The second-order valence-electron chi connectivity index (χ2n) is 8.36. The molecule has 1 aliphatic rings. The van der Waals surface area contributed by atoms with Crippen LogP contribution in [0.4, 0.5) is 0 Å². The third kappa shape index (κ3) is 6.03. The molecule has 0 spiro atoms. The standard InChI is InChI=1S/C23H36O5/c1-6-17(13-19-21(28-19)22(25)26-5)23(3,4)20(24)14-18(7-2)27-15-16-11-9-8-10-12-16/h8-12,17-21,24H,6-7,13-15H2,1-5H3. The Hall–Kier alpha value is -1.43. The van der Waals surface area contributed by atoms with Gasteiger partial charge in [0, 0.05) is 6.42 Å². The summed E-state index contributed by atoms with van der Waals surface area (Å²) in [6.07, 6.45) is 2.10. The summed E-state index contributed by atoms with van der Waals surface area (Å²) in [4.78, 5) is 11.6. The van der Waals surface area contributed by atoms with E-state index < -0.39 is 12.2 Å². The fraction of sp³-hybridized carbons (Fsp3) is 0.696. The van der Waals surface area contributed by atoms with Crippen LogP contribution >= 0.6 is 0 Å². The third-order valence-electron chi connectivity index (χ3n) is 6.21. The van der Waals surface area contributed by atoms with Gasteiger partial charge >= 0.3 is 5.97 Å². The van der Waals surface area contributed by atoms with E-state index in [9.17, 15) is 9.90 Å². The van der Waals surface area contributed by atoms with Crippen LogP contribution in [0.1, 0.15) is 58.9 Å². The zero-order valence-electron chi connectivity index (χ0n) is 17.9. The van der Waals surface area contributed by atoms with Crippen LogP contribution in [0, 0.1) is 11.3 Å². The van der Waals surface area contributed by atoms with E-state index in [0.717, 1.165) is 24.8 Å². The molecule has 5 nitrogen and oxygen atoms in total. The molecule has 1 N–H and O–H groups in total. The molecule has 1 saturated heterocycles. The Kier molecular flexibility index (Phi) is 8.47. The number of aliphatic hydroxyl groups is 1. The molecule has 1 heterocycles. The molecular weight excluding hydrogens is 356 g/mol. The second kappa shape index (κ2) is 10.4. The number of methoxy groups -OCH3 is 1. The molecule has 2 rings (SSSR count). The van der Waals surface area contributed by atoms with Gasteiger partial charge in [0.1, 0.15) is 0 Å². The van der Waals surface area contributed by atoms with Crippen molar-refractivity contribution in [1.82, 2.24) is 0 Å². The summed E-state index contributed by atoms with van der Waals surface area (Å²) in [5, 5.41) is 11.0. The fourth-order valence-electron chi connectivity index (χ4n) is 3.89. The van der Waals surface area contributed by atoms with Gasteiger partial charge < -0.3 is 19.3 Å². The number of ether oxygens (including phenoxy) is 3. The summed E-state index contributed by atoms with van der Waals surface area (Å²) < 4.78 is 16.3. The summed E-state index contributed by atoms with van der Waals surface area (Å²) in [6.45, 7) is 8.97. The second-order valence-corrected chi connectivity index (χ2v) is 8.36. The average molecular weight is 393 g/mol. The average Bonchev–Trinajstić information content (AvgIpc) is 3.48. The Bertz CT molecular complexity index is 600. The Morgan fingerprint density at radius 1 is 1.21 bits per heavy atom. The van der Waals surface area contributed by atoms with Crippen LogP contribution in [0.5, 0.6) is 0 Å².